The summed E-state index contributed by atoms with van der Waals surface area (Å²) in [5.74, 6) is 0. The van der Waals surface area contributed by atoms with Gasteiger partial charge < -0.3 is 5.32 Å². The molecule has 0 aromatic carbocycles. The van der Waals surface area contributed by atoms with Gasteiger partial charge in [0.2, 0.25) is 0 Å². The van der Waals surface area contributed by atoms with Crippen molar-refractivity contribution in [2.45, 2.75) is 26.1 Å². The molecule has 0 amide bonds. The van der Waals surface area contributed by atoms with Crippen molar-refractivity contribution >= 4 is 11.3 Å². The van der Waals surface area contributed by atoms with Crippen LogP contribution in [0.2, 0.25) is 0 Å². The Labute approximate surface area is 118 Å². The molecule has 2 rings (SSSR count). The predicted octanol–water partition coefficient (Wildman–Crippen LogP) is 1.75. The summed E-state index contributed by atoms with van der Waals surface area (Å²) >= 11 is 1.81. The van der Waals surface area contributed by atoms with E-state index in [0.29, 0.717) is 6.04 Å². The molecular formula is C13H21N5S. The molecule has 0 radical (unpaired) electrons. The van der Waals surface area contributed by atoms with Gasteiger partial charge in [-0.3, -0.25) is 9.58 Å². The van der Waals surface area contributed by atoms with E-state index in [0.717, 1.165) is 25.3 Å². The Morgan fingerprint density at radius 3 is 3.05 bits per heavy atom. The van der Waals surface area contributed by atoms with Gasteiger partial charge in [0, 0.05) is 30.2 Å². The summed E-state index contributed by atoms with van der Waals surface area (Å²) in [5, 5.41) is 13.4. The van der Waals surface area contributed by atoms with Crippen LogP contribution in [0.1, 0.15) is 23.5 Å². The van der Waals surface area contributed by atoms with Crippen LogP contribution in [-0.4, -0.2) is 40.5 Å². The van der Waals surface area contributed by atoms with Crippen molar-refractivity contribution < 1.29 is 0 Å². The zero-order valence-electron chi connectivity index (χ0n) is 11.7. The molecule has 2 heterocycles. The maximum atomic E-state index is 4.13. The summed E-state index contributed by atoms with van der Waals surface area (Å²) in [6.07, 6.45) is 2.00. The maximum Gasteiger partial charge on any atom is 0.0964 e. The Balaban J connectivity index is 1.84. The molecule has 0 aliphatic rings. The summed E-state index contributed by atoms with van der Waals surface area (Å²) < 4.78 is 1.91. The van der Waals surface area contributed by atoms with Crippen LogP contribution in [0.3, 0.4) is 0 Å². The van der Waals surface area contributed by atoms with Gasteiger partial charge in [0.05, 0.1) is 12.2 Å². The highest BCUT2D eigenvalue weighted by atomic mass is 32.1. The fraction of sp³-hybridized carbons (Fsp3) is 0.538. The molecule has 19 heavy (non-hydrogen) atoms. The minimum Gasteiger partial charge on any atom is -0.314 e. The van der Waals surface area contributed by atoms with E-state index in [1.807, 2.05) is 29.3 Å². The number of nitrogens with zero attached hydrogens (tertiary/aromatic N) is 4. The van der Waals surface area contributed by atoms with Gasteiger partial charge in [-0.05, 0) is 32.5 Å². The minimum absolute atomic E-state index is 0.445. The molecule has 5 nitrogen and oxygen atoms in total. The SMILES string of the molecule is CNCc1cn(CCN(C)C(C)c2cccs2)nn1. The van der Waals surface area contributed by atoms with Crippen LogP contribution in [0, 0.1) is 0 Å². The Morgan fingerprint density at radius 1 is 1.53 bits per heavy atom. The zero-order chi connectivity index (χ0) is 13.7. The average molecular weight is 279 g/mol. The van der Waals surface area contributed by atoms with E-state index in [1.54, 1.807) is 0 Å². The van der Waals surface area contributed by atoms with E-state index in [4.69, 9.17) is 0 Å². The smallest absolute Gasteiger partial charge is 0.0964 e. The number of nitrogens with one attached hydrogen (secondary N) is 1. The normalized spacial score (nSPS) is 13.1. The van der Waals surface area contributed by atoms with Crippen LogP contribution in [0.4, 0.5) is 0 Å². The summed E-state index contributed by atoms with van der Waals surface area (Å²) in [6.45, 7) is 4.82. The first-order valence-electron chi connectivity index (χ1n) is 6.48. The lowest BCUT2D eigenvalue weighted by molar-refractivity contribution is 0.249. The molecule has 1 unspecified atom stereocenters. The molecule has 1 atom stereocenters. The summed E-state index contributed by atoms with van der Waals surface area (Å²) in [4.78, 5) is 3.74. The monoisotopic (exact) mass is 279 g/mol. The molecule has 0 spiro atoms. The summed E-state index contributed by atoms with van der Waals surface area (Å²) in [7, 11) is 4.06. The molecule has 1 N–H and O–H groups in total. The van der Waals surface area contributed by atoms with Crippen LogP contribution in [0.25, 0.3) is 0 Å². The van der Waals surface area contributed by atoms with E-state index >= 15 is 0 Å². The number of hydrogen-bond donors (Lipinski definition) is 1. The Kier molecular flexibility index (Phi) is 5.07. The first-order valence-corrected chi connectivity index (χ1v) is 7.36. The van der Waals surface area contributed by atoms with E-state index < -0.39 is 0 Å². The fourth-order valence-corrected chi connectivity index (χ4v) is 2.76. The van der Waals surface area contributed by atoms with Crippen LogP contribution in [-0.2, 0) is 13.1 Å². The maximum absolute atomic E-state index is 4.13. The van der Waals surface area contributed by atoms with Crippen LogP contribution in [0.15, 0.2) is 23.7 Å². The molecule has 2 aromatic heterocycles. The quantitative estimate of drug-likeness (QED) is 0.839. The fourth-order valence-electron chi connectivity index (χ4n) is 1.91. The number of likely N-dealkylation sites (N-methyl/N-ethyl adjacent to an activating group) is 1. The van der Waals surface area contributed by atoms with Crippen LogP contribution < -0.4 is 5.32 Å². The van der Waals surface area contributed by atoms with E-state index in [-0.39, 0.29) is 0 Å². The van der Waals surface area contributed by atoms with E-state index in [1.165, 1.54) is 4.88 Å². The molecular weight excluding hydrogens is 258 g/mol. The first kappa shape index (κ1) is 14.2. The second kappa shape index (κ2) is 6.79. The van der Waals surface area contributed by atoms with Crippen molar-refractivity contribution in [2.24, 2.45) is 0 Å². The molecule has 104 valence electrons. The van der Waals surface area contributed by atoms with Crippen molar-refractivity contribution in [2.75, 3.05) is 20.6 Å². The van der Waals surface area contributed by atoms with Gasteiger partial charge in [0.1, 0.15) is 0 Å². The molecule has 0 aliphatic heterocycles. The molecule has 2 aromatic rings. The first-order chi connectivity index (χ1) is 9.20. The summed E-state index contributed by atoms with van der Waals surface area (Å²) in [5.41, 5.74) is 0.983. The van der Waals surface area contributed by atoms with Crippen LogP contribution >= 0.6 is 11.3 Å². The van der Waals surface area contributed by atoms with Gasteiger partial charge in [-0.25, -0.2) is 0 Å². The standard InChI is InChI=1S/C13H21N5S/c1-11(13-5-4-8-19-13)17(3)6-7-18-10-12(9-14-2)15-16-18/h4-5,8,10-11,14H,6-7,9H2,1-3H3. The number of rotatable bonds is 7. The van der Waals surface area contributed by atoms with Gasteiger partial charge in [-0.15, -0.1) is 16.4 Å². The largest absolute Gasteiger partial charge is 0.314 e. The number of hydrogen-bond acceptors (Lipinski definition) is 5. The average Bonchev–Trinajstić information content (AvgIpc) is 3.06. The van der Waals surface area contributed by atoms with Gasteiger partial charge in [-0.2, -0.15) is 0 Å². The number of aromatic nitrogens is 3. The van der Waals surface area contributed by atoms with Gasteiger partial charge in [0.25, 0.3) is 0 Å². The third-order valence-electron chi connectivity index (χ3n) is 3.24. The van der Waals surface area contributed by atoms with E-state index in [2.05, 4.69) is 52.0 Å². The van der Waals surface area contributed by atoms with Gasteiger partial charge in [-0.1, -0.05) is 11.3 Å². The van der Waals surface area contributed by atoms with Crippen molar-refractivity contribution in [3.8, 4) is 0 Å². The van der Waals surface area contributed by atoms with Crippen molar-refractivity contribution in [1.29, 1.82) is 0 Å². The molecule has 0 bridgehead atoms. The van der Waals surface area contributed by atoms with Gasteiger partial charge >= 0.3 is 0 Å². The predicted molar refractivity (Wildman–Crippen MR) is 78.1 cm³/mol. The molecule has 6 heteroatoms. The summed E-state index contributed by atoms with van der Waals surface area (Å²) in [6, 6.07) is 4.73. The van der Waals surface area contributed by atoms with Crippen molar-refractivity contribution in [3.05, 3.63) is 34.3 Å². The third kappa shape index (κ3) is 3.86. The van der Waals surface area contributed by atoms with Gasteiger partial charge in [0.15, 0.2) is 0 Å². The minimum atomic E-state index is 0.445. The van der Waals surface area contributed by atoms with Crippen molar-refractivity contribution in [1.82, 2.24) is 25.2 Å². The lowest BCUT2D eigenvalue weighted by atomic mass is 10.2. The Morgan fingerprint density at radius 2 is 2.37 bits per heavy atom. The highest BCUT2D eigenvalue weighted by Gasteiger charge is 2.12. The molecule has 0 saturated heterocycles. The second-order valence-corrected chi connectivity index (χ2v) is 5.65. The number of thiophene rings is 1. The highest BCUT2D eigenvalue weighted by molar-refractivity contribution is 7.10. The molecule has 0 aliphatic carbocycles. The highest BCUT2D eigenvalue weighted by Crippen LogP contribution is 2.22. The second-order valence-electron chi connectivity index (χ2n) is 4.68. The van der Waals surface area contributed by atoms with E-state index in [9.17, 15) is 0 Å². The van der Waals surface area contributed by atoms with Crippen LogP contribution in [0.5, 0.6) is 0 Å². The zero-order valence-corrected chi connectivity index (χ0v) is 12.5. The lowest BCUT2D eigenvalue weighted by Crippen LogP contribution is -2.26. The lowest BCUT2D eigenvalue weighted by Gasteiger charge is -2.23. The van der Waals surface area contributed by atoms with Crippen molar-refractivity contribution in [3.63, 3.8) is 0 Å². The Bertz CT molecular complexity index is 479. The topological polar surface area (TPSA) is 46.0 Å². The molecule has 0 fully saturated rings. The third-order valence-corrected chi connectivity index (χ3v) is 4.28. The molecule has 0 saturated carbocycles. The Hall–Kier alpha value is -1.24.